The minimum Gasteiger partial charge on any atom is -0.323 e. The van der Waals surface area contributed by atoms with Gasteiger partial charge in [-0.3, -0.25) is 4.79 Å². The molecule has 5 rings (SSSR count). The standard InChI is InChI=1S/C27H23N3OS/c1-19-28-25(26(32-19)21-10-3-2-4-11-21)27(31)30-18-8-7-12-23(30)17-16-22-15-14-20-9-5-6-13-24(20)29-22/h2-6,9-11,13-15,23H,7-8,12,18H2,1H3. The molecule has 1 atom stereocenters. The maximum absolute atomic E-state index is 13.6. The van der Waals surface area contributed by atoms with Crippen LogP contribution in [0.4, 0.5) is 0 Å². The number of benzene rings is 2. The van der Waals surface area contributed by atoms with E-state index in [4.69, 9.17) is 0 Å². The fourth-order valence-electron chi connectivity index (χ4n) is 4.11. The largest absolute Gasteiger partial charge is 0.323 e. The van der Waals surface area contributed by atoms with E-state index in [9.17, 15) is 4.79 Å². The summed E-state index contributed by atoms with van der Waals surface area (Å²) in [4.78, 5) is 25.7. The van der Waals surface area contributed by atoms with Gasteiger partial charge in [0.05, 0.1) is 21.4 Å². The Labute approximate surface area is 192 Å². The van der Waals surface area contributed by atoms with Crippen LogP contribution in [-0.4, -0.2) is 33.4 Å². The van der Waals surface area contributed by atoms with Crippen molar-refractivity contribution in [2.75, 3.05) is 6.54 Å². The summed E-state index contributed by atoms with van der Waals surface area (Å²) in [5.41, 5.74) is 3.23. The van der Waals surface area contributed by atoms with Crippen molar-refractivity contribution in [2.24, 2.45) is 0 Å². The quantitative estimate of drug-likeness (QED) is 0.377. The summed E-state index contributed by atoms with van der Waals surface area (Å²) in [6, 6.07) is 21.9. The predicted molar refractivity (Wildman–Crippen MR) is 130 cm³/mol. The minimum atomic E-state index is -0.129. The highest BCUT2D eigenvalue weighted by Crippen LogP contribution is 2.32. The zero-order valence-corrected chi connectivity index (χ0v) is 18.7. The van der Waals surface area contributed by atoms with Gasteiger partial charge in [-0.1, -0.05) is 60.5 Å². The fourth-order valence-corrected chi connectivity index (χ4v) is 5.03. The van der Waals surface area contributed by atoms with Crippen LogP contribution in [-0.2, 0) is 0 Å². The fraction of sp³-hybridized carbons (Fsp3) is 0.222. The summed E-state index contributed by atoms with van der Waals surface area (Å²) in [6.45, 7) is 2.65. The summed E-state index contributed by atoms with van der Waals surface area (Å²) < 4.78 is 0. The van der Waals surface area contributed by atoms with E-state index in [1.165, 1.54) is 0 Å². The molecule has 0 aliphatic carbocycles. The van der Waals surface area contributed by atoms with Gasteiger partial charge >= 0.3 is 0 Å². The number of para-hydroxylation sites is 1. The second-order valence-corrected chi connectivity index (χ2v) is 9.15. The number of amides is 1. The van der Waals surface area contributed by atoms with Crippen LogP contribution in [0, 0.1) is 18.8 Å². The number of carbonyl (C=O) groups excluding carboxylic acids is 1. The maximum Gasteiger partial charge on any atom is 0.274 e. The second kappa shape index (κ2) is 8.94. The number of pyridine rings is 1. The first-order valence-corrected chi connectivity index (χ1v) is 11.7. The zero-order valence-electron chi connectivity index (χ0n) is 17.9. The molecule has 5 heteroatoms. The lowest BCUT2D eigenvalue weighted by Crippen LogP contribution is -2.43. The monoisotopic (exact) mass is 437 g/mol. The molecule has 0 saturated carbocycles. The van der Waals surface area contributed by atoms with Crippen molar-refractivity contribution in [1.82, 2.24) is 14.9 Å². The Kier molecular flexibility index (Phi) is 5.70. The molecule has 3 heterocycles. The van der Waals surface area contributed by atoms with E-state index in [0.717, 1.165) is 51.3 Å². The van der Waals surface area contributed by atoms with Gasteiger partial charge in [0, 0.05) is 11.9 Å². The average Bonchev–Trinajstić information content (AvgIpc) is 3.24. The first-order chi connectivity index (χ1) is 15.7. The number of nitrogens with zero attached hydrogens (tertiary/aromatic N) is 3. The van der Waals surface area contributed by atoms with Crippen LogP contribution < -0.4 is 0 Å². The zero-order chi connectivity index (χ0) is 21.9. The number of thiazole rings is 1. The van der Waals surface area contributed by atoms with Crippen molar-refractivity contribution in [2.45, 2.75) is 32.2 Å². The van der Waals surface area contributed by atoms with E-state index >= 15 is 0 Å². The van der Waals surface area contributed by atoms with Crippen molar-refractivity contribution in [1.29, 1.82) is 0 Å². The molecule has 0 spiro atoms. The number of likely N-dealkylation sites (tertiary alicyclic amines) is 1. The number of aryl methyl sites for hydroxylation is 1. The van der Waals surface area contributed by atoms with Gasteiger partial charge < -0.3 is 4.90 Å². The third kappa shape index (κ3) is 4.15. The summed E-state index contributed by atoms with van der Waals surface area (Å²) in [6.07, 6.45) is 2.92. The van der Waals surface area contributed by atoms with Gasteiger partial charge in [0.15, 0.2) is 0 Å². The lowest BCUT2D eigenvalue weighted by Gasteiger charge is -2.32. The summed E-state index contributed by atoms with van der Waals surface area (Å²) in [5.74, 6) is 6.53. The van der Waals surface area contributed by atoms with Crippen LogP contribution in [0.1, 0.15) is 40.5 Å². The number of carbonyl (C=O) groups is 1. The topological polar surface area (TPSA) is 46.1 Å². The third-order valence-electron chi connectivity index (χ3n) is 5.70. The van der Waals surface area contributed by atoms with Gasteiger partial charge in [0.1, 0.15) is 11.4 Å². The highest BCUT2D eigenvalue weighted by atomic mass is 32.1. The SMILES string of the molecule is Cc1nc(C(=O)N2CCCCC2C#Cc2ccc3ccccc3n2)c(-c2ccccc2)s1. The first-order valence-electron chi connectivity index (χ1n) is 10.9. The molecular weight excluding hydrogens is 414 g/mol. The van der Waals surface area contributed by atoms with E-state index in [1.807, 2.05) is 78.6 Å². The molecule has 1 aliphatic rings. The predicted octanol–water partition coefficient (Wildman–Crippen LogP) is 5.71. The van der Waals surface area contributed by atoms with Crippen LogP contribution in [0.25, 0.3) is 21.3 Å². The lowest BCUT2D eigenvalue weighted by molar-refractivity contribution is 0.0668. The molecule has 0 radical (unpaired) electrons. The molecule has 0 bridgehead atoms. The second-order valence-electron chi connectivity index (χ2n) is 7.95. The Hall–Kier alpha value is -3.49. The lowest BCUT2D eigenvalue weighted by atomic mass is 10.0. The van der Waals surface area contributed by atoms with Crippen molar-refractivity contribution < 1.29 is 4.79 Å². The van der Waals surface area contributed by atoms with Crippen molar-refractivity contribution >= 4 is 28.1 Å². The third-order valence-corrected chi connectivity index (χ3v) is 6.72. The molecule has 2 aromatic heterocycles. The Morgan fingerprint density at radius 2 is 1.81 bits per heavy atom. The Balaban J connectivity index is 1.44. The average molecular weight is 438 g/mol. The highest BCUT2D eigenvalue weighted by molar-refractivity contribution is 7.15. The Bertz CT molecular complexity index is 1330. The molecular formula is C27H23N3OS. The van der Waals surface area contributed by atoms with Gasteiger partial charge in [0.2, 0.25) is 0 Å². The molecule has 4 nitrogen and oxygen atoms in total. The smallest absolute Gasteiger partial charge is 0.274 e. The van der Waals surface area contributed by atoms with E-state index in [0.29, 0.717) is 12.2 Å². The van der Waals surface area contributed by atoms with Crippen molar-refractivity contribution in [3.8, 4) is 22.3 Å². The molecule has 0 N–H and O–H groups in total. The molecule has 4 aromatic rings. The molecule has 32 heavy (non-hydrogen) atoms. The number of aromatic nitrogens is 2. The van der Waals surface area contributed by atoms with E-state index in [2.05, 4.69) is 21.8 Å². The highest BCUT2D eigenvalue weighted by Gasteiger charge is 2.30. The van der Waals surface area contributed by atoms with E-state index in [-0.39, 0.29) is 11.9 Å². The van der Waals surface area contributed by atoms with Crippen LogP contribution in [0.5, 0.6) is 0 Å². The number of rotatable bonds is 2. The van der Waals surface area contributed by atoms with Crippen LogP contribution >= 0.6 is 11.3 Å². The van der Waals surface area contributed by atoms with Gasteiger partial charge in [0.25, 0.3) is 5.91 Å². The van der Waals surface area contributed by atoms with Gasteiger partial charge in [-0.05, 0) is 49.8 Å². The normalized spacial score (nSPS) is 15.9. The summed E-state index contributed by atoms with van der Waals surface area (Å²) in [5, 5.41) is 1.99. The van der Waals surface area contributed by atoms with E-state index in [1.54, 1.807) is 11.3 Å². The Morgan fingerprint density at radius 1 is 1.00 bits per heavy atom. The molecule has 1 amide bonds. The summed E-state index contributed by atoms with van der Waals surface area (Å²) in [7, 11) is 0. The molecule has 1 unspecified atom stereocenters. The Morgan fingerprint density at radius 3 is 2.69 bits per heavy atom. The van der Waals surface area contributed by atoms with Crippen LogP contribution in [0.2, 0.25) is 0 Å². The van der Waals surface area contributed by atoms with Gasteiger partial charge in [-0.25, -0.2) is 9.97 Å². The first kappa shape index (κ1) is 20.4. The van der Waals surface area contributed by atoms with Crippen LogP contribution in [0.3, 0.4) is 0 Å². The molecule has 2 aromatic carbocycles. The number of hydrogen-bond donors (Lipinski definition) is 0. The van der Waals surface area contributed by atoms with Crippen molar-refractivity contribution in [3.63, 3.8) is 0 Å². The van der Waals surface area contributed by atoms with Crippen LogP contribution in [0.15, 0.2) is 66.7 Å². The molecule has 158 valence electrons. The maximum atomic E-state index is 13.6. The van der Waals surface area contributed by atoms with Crippen molar-refractivity contribution in [3.05, 3.63) is 83.1 Å². The van der Waals surface area contributed by atoms with E-state index < -0.39 is 0 Å². The van der Waals surface area contributed by atoms with Gasteiger partial charge in [-0.15, -0.1) is 11.3 Å². The minimum absolute atomic E-state index is 0.0290. The summed E-state index contributed by atoms with van der Waals surface area (Å²) >= 11 is 1.57. The molecule has 1 aliphatic heterocycles. The molecule has 1 fully saturated rings. The number of hydrogen-bond acceptors (Lipinski definition) is 4. The number of piperidine rings is 1. The van der Waals surface area contributed by atoms with Gasteiger partial charge in [-0.2, -0.15) is 0 Å². The molecule has 1 saturated heterocycles. The number of fused-ring (bicyclic) bond motifs is 1.